The van der Waals surface area contributed by atoms with Crippen molar-refractivity contribution < 1.29 is 9.53 Å². The SMILES string of the molecule is Cc1ccc(OCc2nc(CC(=O)NCCc3cccs3)cs2)cc1C. The number of amides is 1. The highest BCUT2D eigenvalue weighted by atomic mass is 32.1. The van der Waals surface area contributed by atoms with Crippen molar-refractivity contribution in [2.24, 2.45) is 0 Å². The predicted molar refractivity (Wildman–Crippen MR) is 107 cm³/mol. The largest absolute Gasteiger partial charge is 0.486 e. The number of hydrogen-bond donors (Lipinski definition) is 1. The molecule has 0 aliphatic rings. The Labute approximate surface area is 161 Å². The van der Waals surface area contributed by atoms with Gasteiger partial charge in [-0.25, -0.2) is 4.98 Å². The van der Waals surface area contributed by atoms with Crippen LogP contribution < -0.4 is 10.1 Å². The van der Waals surface area contributed by atoms with E-state index < -0.39 is 0 Å². The van der Waals surface area contributed by atoms with Crippen LogP contribution >= 0.6 is 22.7 Å². The third-order valence-corrected chi connectivity index (χ3v) is 5.86. The molecule has 1 aromatic carbocycles. The number of hydrogen-bond acceptors (Lipinski definition) is 5. The summed E-state index contributed by atoms with van der Waals surface area (Å²) in [6, 6.07) is 10.2. The van der Waals surface area contributed by atoms with Gasteiger partial charge >= 0.3 is 0 Å². The fourth-order valence-electron chi connectivity index (χ4n) is 2.45. The molecule has 0 saturated heterocycles. The lowest BCUT2D eigenvalue weighted by Crippen LogP contribution is -2.27. The molecule has 0 atom stereocenters. The van der Waals surface area contributed by atoms with Gasteiger partial charge < -0.3 is 10.1 Å². The molecule has 3 aromatic rings. The number of benzene rings is 1. The molecule has 4 nitrogen and oxygen atoms in total. The summed E-state index contributed by atoms with van der Waals surface area (Å²) in [6.07, 6.45) is 1.18. The van der Waals surface area contributed by atoms with Crippen molar-refractivity contribution >= 4 is 28.6 Å². The Bertz CT molecular complexity index is 857. The molecule has 0 radical (unpaired) electrons. The number of thiazole rings is 1. The lowest BCUT2D eigenvalue weighted by Gasteiger charge is -2.06. The van der Waals surface area contributed by atoms with Crippen LogP contribution in [0.4, 0.5) is 0 Å². The standard InChI is InChI=1S/C20H22N2O2S2/c1-14-5-6-17(10-15(14)2)24-12-20-22-16(13-26-20)11-19(23)21-8-7-18-4-3-9-25-18/h3-6,9-10,13H,7-8,11-12H2,1-2H3,(H,21,23). The van der Waals surface area contributed by atoms with Crippen LogP contribution in [-0.4, -0.2) is 17.4 Å². The summed E-state index contributed by atoms with van der Waals surface area (Å²) < 4.78 is 5.80. The second-order valence-corrected chi connectivity index (χ2v) is 8.10. The summed E-state index contributed by atoms with van der Waals surface area (Å²) in [4.78, 5) is 17.8. The van der Waals surface area contributed by atoms with E-state index in [-0.39, 0.29) is 5.91 Å². The number of aryl methyl sites for hydroxylation is 2. The van der Waals surface area contributed by atoms with Gasteiger partial charge in [0.1, 0.15) is 17.4 Å². The number of carbonyl (C=O) groups is 1. The Morgan fingerprint density at radius 1 is 1.19 bits per heavy atom. The molecule has 0 aliphatic carbocycles. The third-order valence-electron chi connectivity index (χ3n) is 4.06. The van der Waals surface area contributed by atoms with E-state index in [1.54, 1.807) is 11.3 Å². The highest BCUT2D eigenvalue weighted by Crippen LogP contribution is 2.19. The van der Waals surface area contributed by atoms with Crippen molar-refractivity contribution in [2.45, 2.75) is 33.3 Å². The van der Waals surface area contributed by atoms with Gasteiger partial charge in [-0.1, -0.05) is 12.1 Å². The number of ether oxygens (including phenoxy) is 1. The Morgan fingerprint density at radius 2 is 2.08 bits per heavy atom. The van der Waals surface area contributed by atoms with Crippen molar-refractivity contribution in [1.29, 1.82) is 0 Å². The zero-order valence-electron chi connectivity index (χ0n) is 15.0. The molecule has 136 valence electrons. The van der Waals surface area contributed by atoms with Gasteiger partial charge in [-0.05, 0) is 55.0 Å². The monoisotopic (exact) mass is 386 g/mol. The molecule has 0 fully saturated rings. The summed E-state index contributed by atoms with van der Waals surface area (Å²) in [5.74, 6) is 0.852. The molecule has 2 heterocycles. The van der Waals surface area contributed by atoms with Crippen molar-refractivity contribution in [3.63, 3.8) is 0 Å². The lowest BCUT2D eigenvalue weighted by molar-refractivity contribution is -0.120. The zero-order valence-corrected chi connectivity index (χ0v) is 16.6. The number of nitrogens with one attached hydrogen (secondary N) is 1. The Balaban J connectivity index is 1.43. The molecule has 26 heavy (non-hydrogen) atoms. The molecule has 2 aromatic heterocycles. The van der Waals surface area contributed by atoms with Gasteiger partial charge in [-0.2, -0.15) is 0 Å². The van der Waals surface area contributed by atoms with Gasteiger partial charge in [0.05, 0.1) is 12.1 Å². The highest BCUT2D eigenvalue weighted by molar-refractivity contribution is 7.10. The minimum atomic E-state index is 0.00786. The first kappa shape index (κ1) is 18.6. The van der Waals surface area contributed by atoms with Crippen molar-refractivity contribution in [3.05, 3.63) is 67.8 Å². The number of nitrogens with zero attached hydrogens (tertiary/aromatic N) is 1. The van der Waals surface area contributed by atoms with E-state index in [0.29, 0.717) is 19.6 Å². The Morgan fingerprint density at radius 3 is 2.85 bits per heavy atom. The molecule has 1 amide bonds. The minimum Gasteiger partial charge on any atom is -0.486 e. The summed E-state index contributed by atoms with van der Waals surface area (Å²) in [6.45, 7) is 5.23. The first-order valence-corrected chi connectivity index (χ1v) is 10.3. The van der Waals surface area contributed by atoms with E-state index in [2.05, 4.69) is 36.3 Å². The van der Waals surface area contributed by atoms with Crippen LogP contribution in [0.2, 0.25) is 0 Å². The van der Waals surface area contributed by atoms with E-state index in [1.165, 1.54) is 27.3 Å². The summed E-state index contributed by atoms with van der Waals surface area (Å²) >= 11 is 3.24. The Kier molecular flexibility index (Phi) is 6.41. The van der Waals surface area contributed by atoms with Crippen molar-refractivity contribution in [2.75, 3.05) is 6.54 Å². The molecular formula is C20H22N2O2S2. The lowest BCUT2D eigenvalue weighted by atomic mass is 10.1. The molecule has 3 rings (SSSR count). The third kappa shape index (κ3) is 5.41. The maximum absolute atomic E-state index is 12.0. The number of carbonyl (C=O) groups excluding carboxylic acids is 1. The first-order valence-electron chi connectivity index (χ1n) is 8.52. The predicted octanol–water partition coefficient (Wildman–Crippen LogP) is 4.30. The number of aromatic nitrogens is 1. The van der Waals surface area contributed by atoms with Gasteiger partial charge in [-0.15, -0.1) is 22.7 Å². The maximum atomic E-state index is 12.0. The van der Waals surface area contributed by atoms with Gasteiger partial charge in [-0.3, -0.25) is 4.79 Å². The van der Waals surface area contributed by atoms with Gasteiger partial charge in [0.15, 0.2) is 0 Å². The van der Waals surface area contributed by atoms with E-state index in [9.17, 15) is 4.79 Å². The second kappa shape index (κ2) is 8.96. The molecule has 1 N–H and O–H groups in total. The fraction of sp³-hybridized carbons (Fsp3) is 0.300. The number of rotatable bonds is 8. The quantitative estimate of drug-likeness (QED) is 0.628. The van der Waals surface area contributed by atoms with Crippen LogP contribution in [0, 0.1) is 13.8 Å². The van der Waals surface area contributed by atoms with E-state index in [1.807, 2.05) is 29.0 Å². The van der Waals surface area contributed by atoms with Gasteiger partial charge in [0.2, 0.25) is 5.91 Å². The molecule has 6 heteroatoms. The summed E-state index contributed by atoms with van der Waals surface area (Å²) in [5, 5.41) is 7.81. The number of thiophene rings is 1. The maximum Gasteiger partial charge on any atom is 0.226 e. The molecular weight excluding hydrogens is 364 g/mol. The molecule has 0 spiro atoms. The normalized spacial score (nSPS) is 10.7. The van der Waals surface area contributed by atoms with Gasteiger partial charge in [0.25, 0.3) is 0 Å². The van der Waals surface area contributed by atoms with Crippen LogP contribution in [0.5, 0.6) is 5.75 Å². The van der Waals surface area contributed by atoms with Gasteiger partial charge in [0, 0.05) is 16.8 Å². The summed E-state index contributed by atoms with van der Waals surface area (Å²) in [7, 11) is 0. The van der Waals surface area contributed by atoms with Crippen LogP contribution in [-0.2, 0) is 24.2 Å². The molecule has 0 bridgehead atoms. The zero-order chi connectivity index (χ0) is 18.4. The molecule has 0 unspecified atom stereocenters. The fourth-order valence-corrected chi connectivity index (χ4v) is 3.87. The minimum absolute atomic E-state index is 0.00786. The van der Waals surface area contributed by atoms with Crippen LogP contribution in [0.3, 0.4) is 0 Å². The highest BCUT2D eigenvalue weighted by Gasteiger charge is 2.08. The van der Waals surface area contributed by atoms with Crippen molar-refractivity contribution in [1.82, 2.24) is 10.3 Å². The van der Waals surface area contributed by atoms with Crippen LogP contribution in [0.25, 0.3) is 0 Å². The molecule has 0 saturated carbocycles. The Hall–Kier alpha value is -2.18. The van der Waals surface area contributed by atoms with Crippen LogP contribution in [0.1, 0.15) is 26.7 Å². The average Bonchev–Trinajstić information content (AvgIpc) is 3.28. The first-order chi connectivity index (χ1) is 12.6. The topological polar surface area (TPSA) is 51.2 Å². The second-order valence-electron chi connectivity index (χ2n) is 6.12. The molecule has 0 aliphatic heterocycles. The smallest absolute Gasteiger partial charge is 0.226 e. The van der Waals surface area contributed by atoms with E-state index in [0.717, 1.165) is 22.9 Å². The van der Waals surface area contributed by atoms with Crippen molar-refractivity contribution in [3.8, 4) is 5.75 Å². The van der Waals surface area contributed by atoms with E-state index >= 15 is 0 Å². The average molecular weight is 387 g/mol. The van der Waals surface area contributed by atoms with Crippen LogP contribution in [0.15, 0.2) is 41.1 Å². The van der Waals surface area contributed by atoms with E-state index in [4.69, 9.17) is 4.74 Å². The summed E-state index contributed by atoms with van der Waals surface area (Å²) in [5.41, 5.74) is 3.25.